The number of halogens is 2. The minimum Gasteiger partial charge on any atom is -0.383 e. The molecule has 1 N–H and O–H groups in total. The van der Waals surface area contributed by atoms with Crippen LogP contribution in [0.5, 0.6) is 0 Å². The Morgan fingerprint density at radius 3 is 2.65 bits per heavy atom. The van der Waals surface area contributed by atoms with Crippen molar-refractivity contribution in [3.05, 3.63) is 47.4 Å². The Hall–Kier alpha value is -2.25. The first-order valence-corrected chi connectivity index (χ1v) is 10.9. The van der Waals surface area contributed by atoms with Gasteiger partial charge < -0.3 is 19.3 Å². The molecule has 31 heavy (non-hydrogen) atoms. The summed E-state index contributed by atoms with van der Waals surface area (Å²) in [7, 11) is 3.52. The van der Waals surface area contributed by atoms with Gasteiger partial charge in [-0.1, -0.05) is 6.07 Å². The number of fused-ring (bicyclic) bond motifs is 1. The molecule has 2 heterocycles. The predicted octanol–water partition coefficient (Wildman–Crippen LogP) is 5.09. The van der Waals surface area contributed by atoms with Gasteiger partial charge in [-0.25, -0.2) is 13.8 Å². The van der Waals surface area contributed by atoms with E-state index in [2.05, 4.69) is 17.6 Å². The quantitative estimate of drug-likeness (QED) is 0.717. The number of aliphatic hydroxyl groups excluding tert-OH is 1. The number of methoxy groups -OCH3 is 1. The SMILES string of the molecule is COC[C@@H](C)n1c(C2CCC(F)(F)CC2)nc2ccc(C3=CN(C)C(O)C(C)=C3)cc21. The molecule has 0 radical (unpaired) electrons. The van der Waals surface area contributed by atoms with Crippen molar-refractivity contribution in [2.45, 2.75) is 63.6 Å². The van der Waals surface area contributed by atoms with E-state index in [0.717, 1.165) is 33.6 Å². The summed E-state index contributed by atoms with van der Waals surface area (Å²) in [5.41, 5.74) is 4.76. The molecule has 2 atom stereocenters. The topological polar surface area (TPSA) is 50.5 Å². The van der Waals surface area contributed by atoms with Crippen LogP contribution in [0.15, 0.2) is 36.0 Å². The molecule has 2 aliphatic rings. The number of hydrogen-bond donors (Lipinski definition) is 1. The fraction of sp³-hybridized carbons (Fsp3) is 0.542. The molecule has 0 saturated heterocycles. The van der Waals surface area contributed by atoms with Crippen molar-refractivity contribution >= 4 is 16.6 Å². The van der Waals surface area contributed by atoms with Crippen LogP contribution in [0, 0.1) is 0 Å². The van der Waals surface area contributed by atoms with E-state index in [0.29, 0.717) is 19.4 Å². The van der Waals surface area contributed by atoms with Crippen LogP contribution >= 0.6 is 0 Å². The first kappa shape index (κ1) is 22.0. The maximum absolute atomic E-state index is 13.7. The van der Waals surface area contributed by atoms with Gasteiger partial charge >= 0.3 is 0 Å². The van der Waals surface area contributed by atoms with Gasteiger partial charge in [0.15, 0.2) is 0 Å². The average molecular weight is 432 g/mol. The van der Waals surface area contributed by atoms with Crippen molar-refractivity contribution in [2.24, 2.45) is 0 Å². The van der Waals surface area contributed by atoms with Crippen molar-refractivity contribution in [1.29, 1.82) is 0 Å². The zero-order valence-electron chi connectivity index (χ0n) is 18.6. The van der Waals surface area contributed by atoms with Crippen molar-refractivity contribution in [1.82, 2.24) is 14.5 Å². The van der Waals surface area contributed by atoms with E-state index in [4.69, 9.17) is 9.72 Å². The molecule has 4 rings (SSSR count). The minimum absolute atomic E-state index is 0.0205. The number of nitrogens with zero attached hydrogens (tertiary/aromatic N) is 3. The number of allylic oxidation sites excluding steroid dienone is 2. The molecule has 1 aromatic heterocycles. The van der Waals surface area contributed by atoms with Gasteiger partial charge in [-0.05, 0) is 61.6 Å². The Bertz CT molecular complexity index is 1020. The average Bonchev–Trinajstić information content (AvgIpc) is 3.10. The third-order valence-corrected chi connectivity index (χ3v) is 6.50. The fourth-order valence-electron chi connectivity index (χ4n) is 4.78. The number of aliphatic hydroxyl groups is 1. The Kier molecular flexibility index (Phi) is 5.92. The molecule has 0 amide bonds. The Labute approximate surface area is 182 Å². The van der Waals surface area contributed by atoms with Crippen molar-refractivity contribution < 1.29 is 18.6 Å². The van der Waals surface area contributed by atoms with E-state index in [1.54, 1.807) is 12.0 Å². The number of imidazole rings is 1. The second-order valence-corrected chi connectivity index (χ2v) is 8.99. The number of rotatable bonds is 5. The van der Waals surface area contributed by atoms with Crippen LogP contribution in [0.2, 0.25) is 0 Å². The van der Waals surface area contributed by atoms with Gasteiger partial charge in [-0.15, -0.1) is 0 Å². The van der Waals surface area contributed by atoms with Crippen LogP contribution in [0.1, 0.15) is 62.9 Å². The third kappa shape index (κ3) is 4.26. The molecule has 0 spiro atoms. The number of benzene rings is 1. The molecule has 7 heteroatoms. The molecule has 2 aromatic rings. The first-order chi connectivity index (χ1) is 14.7. The summed E-state index contributed by atoms with van der Waals surface area (Å²) in [4.78, 5) is 6.68. The minimum atomic E-state index is -2.56. The lowest BCUT2D eigenvalue weighted by Crippen LogP contribution is -2.30. The maximum Gasteiger partial charge on any atom is 0.248 e. The molecule has 1 aromatic carbocycles. The van der Waals surface area contributed by atoms with Gasteiger partial charge in [0.1, 0.15) is 12.1 Å². The van der Waals surface area contributed by atoms with E-state index in [1.807, 2.05) is 38.4 Å². The van der Waals surface area contributed by atoms with Gasteiger partial charge in [-0.3, -0.25) is 0 Å². The molecule has 5 nitrogen and oxygen atoms in total. The second-order valence-electron chi connectivity index (χ2n) is 8.99. The van der Waals surface area contributed by atoms with Crippen LogP contribution in [0.4, 0.5) is 8.78 Å². The highest BCUT2D eigenvalue weighted by molar-refractivity contribution is 5.85. The van der Waals surface area contributed by atoms with Crippen LogP contribution in [0.25, 0.3) is 16.6 Å². The third-order valence-electron chi connectivity index (χ3n) is 6.50. The van der Waals surface area contributed by atoms with Gasteiger partial charge in [0, 0.05) is 39.1 Å². The van der Waals surface area contributed by atoms with Gasteiger partial charge in [-0.2, -0.15) is 0 Å². The van der Waals surface area contributed by atoms with Crippen LogP contribution in [0.3, 0.4) is 0 Å². The van der Waals surface area contributed by atoms with Crippen molar-refractivity contribution in [3.63, 3.8) is 0 Å². The highest BCUT2D eigenvalue weighted by Gasteiger charge is 2.37. The predicted molar refractivity (Wildman–Crippen MR) is 118 cm³/mol. The summed E-state index contributed by atoms with van der Waals surface area (Å²) in [6.07, 6.45) is 4.03. The molecule has 1 fully saturated rings. The van der Waals surface area contributed by atoms with Crippen molar-refractivity contribution in [3.8, 4) is 0 Å². The molecule has 1 saturated carbocycles. The van der Waals surface area contributed by atoms with E-state index in [9.17, 15) is 13.9 Å². The molecule has 1 aliphatic heterocycles. The van der Waals surface area contributed by atoms with Gasteiger partial charge in [0.25, 0.3) is 0 Å². The standard InChI is InChI=1S/C24H31F2N3O2/c1-15-11-19(13-28(3)23(15)30)18-5-6-20-21(12-18)29(16(2)14-31-4)22(27-20)17-7-9-24(25,26)10-8-17/h5-6,11-13,16-17,23,30H,7-10,14H2,1-4H3/t16-,23?/m1/s1. The Morgan fingerprint density at radius 2 is 2.00 bits per heavy atom. The highest BCUT2D eigenvalue weighted by Crippen LogP contribution is 2.42. The Morgan fingerprint density at radius 1 is 1.29 bits per heavy atom. The van der Waals surface area contributed by atoms with Gasteiger partial charge in [0.2, 0.25) is 5.92 Å². The number of aromatic nitrogens is 2. The van der Waals surface area contributed by atoms with Gasteiger partial charge in [0.05, 0.1) is 23.7 Å². The zero-order chi connectivity index (χ0) is 22.3. The Balaban J connectivity index is 1.78. The second kappa shape index (κ2) is 8.36. The summed E-state index contributed by atoms with van der Waals surface area (Å²) in [6, 6.07) is 6.17. The summed E-state index contributed by atoms with van der Waals surface area (Å²) in [5, 5.41) is 10.2. The summed E-state index contributed by atoms with van der Waals surface area (Å²) in [6.45, 7) is 4.50. The smallest absolute Gasteiger partial charge is 0.248 e. The maximum atomic E-state index is 13.7. The zero-order valence-corrected chi connectivity index (χ0v) is 18.6. The highest BCUT2D eigenvalue weighted by atomic mass is 19.3. The number of ether oxygens (including phenoxy) is 1. The van der Waals surface area contributed by atoms with Crippen LogP contribution in [-0.4, -0.2) is 52.5 Å². The molecule has 1 aliphatic carbocycles. The van der Waals surface area contributed by atoms with E-state index < -0.39 is 12.2 Å². The van der Waals surface area contributed by atoms with Crippen molar-refractivity contribution in [2.75, 3.05) is 20.8 Å². The normalized spacial score (nSPS) is 23.1. The van der Waals surface area contributed by atoms with Crippen LogP contribution in [-0.2, 0) is 4.74 Å². The molecular weight excluding hydrogens is 400 g/mol. The lowest BCUT2D eigenvalue weighted by Gasteiger charge is -2.29. The summed E-state index contributed by atoms with van der Waals surface area (Å²) < 4.78 is 35.1. The molecule has 0 bridgehead atoms. The number of alkyl halides is 2. The first-order valence-electron chi connectivity index (χ1n) is 10.9. The lowest BCUT2D eigenvalue weighted by molar-refractivity contribution is -0.0390. The molecular formula is C24H31F2N3O2. The molecule has 1 unspecified atom stereocenters. The van der Waals surface area contributed by atoms with E-state index >= 15 is 0 Å². The lowest BCUT2D eigenvalue weighted by atomic mass is 9.86. The number of hydrogen-bond acceptors (Lipinski definition) is 4. The molecule has 168 valence electrons. The van der Waals surface area contributed by atoms with Crippen LogP contribution < -0.4 is 0 Å². The summed E-state index contributed by atoms with van der Waals surface area (Å²) in [5.74, 6) is -1.66. The fourth-order valence-corrected chi connectivity index (χ4v) is 4.78. The number of likely N-dealkylation sites (N-methyl/N-ethyl adjacent to an activating group) is 1. The van der Waals surface area contributed by atoms with E-state index in [1.165, 1.54) is 0 Å². The monoisotopic (exact) mass is 431 g/mol. The largest absolute Gasteiger partial charge is 0.383 e. The van der Waals surface area contributed by atoms with E-state index in [-0.39, 0.29) is 24.8 Å². The summed E-state index contributed by atoms with van der Waals surface area (Å²) >= 11 is 0.